The maximum Gasteiger partial charge on any atom is 0.315 e. The number of primary amides is 1. The molecule has 1 saturated heterocycles. The van der Waals surface area contributed by atoms with Crippen LogP contribution in [0.15, 0.2) is 21.7 Å². The molecular formula is C33H52N6O7S2. The van der Waals surface area contributed by atoms with Gasteiger partial charge in [-0.25, -0.2) is 13.2 Å². The van der Waals surface area contributed by atoms with Crippen molar-refractivity contribution in [2.24, 2.45) is 40.2 Å². The number of rotatable bonds is 14. The van der Waals surface area contributed by atoms with Gasteiger partial charge in [-0.2, -0.15) is 4.31 Å². The molecule has 15 heteroatoms. The van der Waals surface area contributed by atoms with Crippen LogP contribution in [-0.4, -0.2) is 91.5 Å². The second kappa shape index (κ2) is 14.1. The lowest BCUT2D eigenvalue weighted by molar-refractivity contribution is -0.145. The Balaban J connectivity index is 1.50. The van der Waals surface area contributed by atoms with E-state index < -0.39 is 69.1 Å². The SMILES string of the molecule is CC(C)[C@@H](CN(C)S(=O)(=O)c1cccs1)NC(=O)N[C@H](C(=O)N1C[C@H]2C([C@H]1C(=O)NC(CC1CCC1)C(=O)C(N)=O)C2(C)C)C(C)(C)C. The Morgan fingerprint density at radius 2 is 1.75 bits per heavy atom. The van der Waals surface area contributed by atoms with Crippen molar-refractivity contribution in [1.82, 2.24) is 25.2 Å². The van der Waals surface area contributed by atoms with Crippen molar-refractivity contribution in [1.29, 1.82) is 0 Å². The van der Waals surface area contributed by atoms with E-state index in [4.69, 9.17) is 5.73 Å². The summed E-state index contributed by atoms with van der Waals surface area (Å²) in [7, 11) is -2.28. The first kappa shape index (κ1) is 37.8. The van der Waals surface area contributed by atoms with E-state index in [2.05, 4.69) is 16.0 Å². The zero-order chi connectivity index (χ0) is 35.9. The number of nitrogens with zero attached hydrogens (tertiary/aromatic N) is 2. The predicted octanol–water partition coefficient (Wildman–Crippen LogP) is 2.32. The van der Waals surface area contributed by atoms with Crippen molar-refractivity contribution in [3.05, 3.63) is 17.5 Å². The summed E-state index contributed by atoms with van der Waals surface area (Å²) in [6.45, 7) is 13.6. The van der Waals surface area contributed by atoms with Crippen LogP contribution in [0.2, 0.25) is 0 Å². The molecule has 5 N–H and O–H groups in total. The Labute approximate surface area is 288 Å². The molecule has 0 aromatic carbocycles. The van der Waals surface area contributed by atoms with Gasteiger partial charge in [-0.05, 0) is 52.4 Å². The molecule has 13 nitrogen and oxygen atoms in total. The van der Waals surface area contributed by atoms with Crippen molar-refractivity contribution in [2.75, 3.05) is 20.1 Å². The Morgan fingerprint density at radius 3 is 2.25 bits per heavy atom. The number of amides is 5. The Kier molecular flexibility index (Phi) is 11.1. The Hall–Kier alpha value is -3.04. The minimum Gasteiger partial charge on any atom is -0.363 e. The first-order valence-corrected chi connectivity index (χ1v) is 19.0. The van der Waals surface area contributed by atoms with E-state index in [9.17, 15) is 32.4 Å². The molecule has 2 unspecified atom stereocenters. The fourth-order valence-electron chi connectivity index (χ4n) is 7.05. The van der Waals surface area contributed by atoms with Crippen LogP contribution < -0.4 is 21.7 Å². The number of nitrogens with one attached hydrogen (secondary N) is 3. The van der Waals surface area contributed by atoms with Crippen LogP contribution in [0.1, 0.15) is 74.1 Å². The summed E-state index contributed by atoms with van der Waals surface area (Å²) in [6, 6.07) is -1.01. The maximum atomic E-state index is 14.3. The Bertz CT molecular complexity index is 1500. The third-order valence-corrected chi connectivity index (χ3v) is 13.7. The number of urea groups is 1. The summed E-state index contributed by atoms with van der Waals surface area (Å²) in [4.78, 5) is 67.8. The first-order chi connectivity index (χ1) is 22.2. The zero-order valence-corrected chi connectivity index (χ0v) is 30.9. The van der Waals surface area contributed by atoms with E-state index in [0.29, 0.717) is 13.0 Å². The molecule has 2 aliphatic carbocycles. The van der Waals surface area contributed by atoms with Crippen LogP contribution in [0, 0.1) is 34.5 Å². The number of hydrogen-bond donors (Lipinski definition) is 4. The summed E-state index contributed by atoms with van der Waals surface area (Å²) in [5.41, 5.74) is 4.35. The minimum atomic E-state index is -3.75. The van der Waals surface area contributed by atoms with Crippen molar-refractivity contribution < 1.29 is 32.4 Å². The molecule has 2 heterocycles. The number of nitrogens with two attached hydrogens (primary N) is 1. The lowest BCUT2D eigenvalue weighted by atomic mass is 9.80. The number of carbonyl (C=O) groups excluding carboxylic acids is 5. The number of sulfonamides is 1. The van der Waals surface area contributed by atoms with E-state index in [1.165, 1.54) is 22.3 Å². The number of likely N-dealkylation sites (tertiary alicyclic amines) is 1. The third kappa shape index (κ3) is 7.88. The lowest BCUT2D eigenvalue weighted by Gasteiger charge is -2.38. The third-order valence-electron chi connectivity index (χ3n) is 10.6. The quantitative estimate of drug-likeness (QED) is 0.214. The van der Waals surface area contributed by atoms with Gasteiger partial charge in [-0.3, -0.25) is 19.2 Å². The molecule has 48 heavy (non-hydrogen) atoms. The average molecular weight is 709 g/mol. The van der Waals surface area contributed by atoms with E-state index in [1.807, 2.05) is 48.5 Å². The van der Waals surface area contributed by atoms with Gasteiger partial charge >= 0.3 is 6.03 Å². The molecule has 4 rings (SSSR count). The van der Waals surface area contributed by atoms with Crippen LogP contribution in [0.4, 0.5) is 4.79 Å². The van der Waals surface area contributed by atoms with Gasteiger partial charge in [0.1, 0.15) is 16.3 Å². The summed E-state index contributed by atoms with van der Waals surface area (Å²) < 4.78 is 27.5. The molecule has 0 bridgehead atoms. The molecule has 2 saturated carbocycles. The second-order valence-electron chi connectivity index (χ2n) is 15.7. The molecule has 1 aromatic heterocycles. The number of likely N-dealkylation sites (N-methyl/N-ethyl adjacent to an activating group) is 1. The fourth-order valence-corrected chi connectivity index (χ4v) is 9.45. The van der Waals surface area contributed by atoms with Gasteiger partial charge in [0.05, 0.1) is 6.04 Å². The highest BCUT2D eigenvalue weighted by Crippen LogP contribution is 2.65. The fraction of sp³-hybridized carbons (Fsp3) is 0.727. The van der Waals surface area contributed by atoms with Gasteiger partial charge in [0.2, 0.25) is 17.6 Å². The molecule has 3 fully saturated rings. The van der Waals surface area contributed by atoms with Crippen molar-refractivity contribution in [2.45, 2.75) is 103 Å². The monoisotopic (exact) mass is 708 g/mol. The van der Waals surface area contributed by atoms with E-state index in [-0.39, 0.29) is 39.8 Å². The van der Waals surface area contributed by atoms with Gasteiger partial charge in [-0.1, -0.05) is 73.8 Å². The second-order valence-corrected chi connectivity index (χ2v) is 18.9. The highest BCUT2D eigenvalue weighted by molar-refractivity contribution is 7.91. The average Bonchev–Trinajstić information content (AvgIpc) is 3.42. The highest BCUT2D eigenvalue weighted by Gasteiger charge is 2.70. The Morgan fingerprint density at radius 1 is 1.10 bits per heavy atom. The van der Waals surface area contributed by atoms with Gasteiger partial charge in [0.25, 0.3) is 15.9 Å². The van der Waals surface area contributed by atoms with Crippen LogP contribution in [0.5, 0.6) is 0 Å². The predicted molar refractivity (Wildman–Crippen MR) is 182 cm³/mol. The smallest absolute Gasteiger partial charge is 0.315 e. The minimum absolute atomic E-state index is 0.0122. The van der Waals surface area contributed by atoms with E-state index >= 15 is 0 Å². The van der Waals surface area contributed by atoms with Gasteiger partial charge in [0.15, 0.2) is 0 Å². The summed E-state index contributed by atoms with van der Waals surface area (Å²) in [5, 5.41) is 10.2. The molecule has 3 aliphatic rings. The molecule has 0 radical (unpaired) electrons. The number of ketones is 1. The zero-order valence-electron chi connectivity index (χ0n) is 29.2. The van der Waals surface area contributed by atoms with E-state index in [0.717, 1.165) is 30.6 Å². The first-order valence-electron chi connectivity index (χ1n) is 16.7. The van der Waals surface area contributed by atoms with Crippen LogP contribution >= 0.6 is 11.3 Å². The number of carbonyl (C=O) groups is 5. The van der Waals surface area contributed by atoms with Crippen molar-refractivity contribution >= 4 is 50.9 Å². The normalized spacial score (nSPS) is 23.9. The molecule has 0 spiro atoms. The summed E-state index contributed by atoms with van der Waals surface area (Å²) in [5.74, 6) is -2.94. The lowest BCUT2D eigenvalue weighted by Crippen LogP contribution is -2.62. The molecule has 6 atom stereocenters. The van der Waals surface area contributed by atoms with Gasteiger partial charge in [0, 0.05) is 26.2 Å². The van der Waals surface area contributed by atoms with Crippen LogP contribution in [-0.2, 0) is 29.2 Å². The number of thiophene rings is 1. The number of fused-ring (bicyclic) bond motifs is 1. The topological polar surface area (TPSA) is 188 Å². The van der Waals surface area contributed by atoms with Crippen LogP contribution in [0.3, 0.4) is 0 Å². The van der Waals surface area contributed by atoms with Gasteiger partial charge in [-0.15, -0.1) is 11.3 Å². The van der Waals surface area contributed by atoms with Crippen molar-refractivity contribution in [3.63, 3.8) is 0 Å². The summed E-state index contributed by atoms with van der Waals surface area (Å²) in [6.07, 6.45) is 3.16. The highest BCUT2D eigenvalue weighted by atomic mass is 32.2. The largest absolute Gasteiger partial charge is 0.363 e. The van der Waals surface area contributed by atoms with Gasteiger partial charge < -0.3 is 26.6 Å². The maximum absolute atomic E-state index is 14.3. The molecular weight excluding hydrogens is 657 g/mol. The number of Topliss-reactive ketones (excluding diaryl/α,β-unsaturated/α-hetero) is 1. The summed E-state index contributed by atoms with van der Waals surface area (Å²) >= 11 is 1.11. The van der Waals surface area contributed by atoms with Crippen molar-refractivity contribution in [3.8, 4) is 0 Å². The molecule has 1 aromatic rings. The standard InChI is InChI=1S/C33H52N6O7S2/c1-18(2)22(17-38(8)48(45,46)23-13-10-14-47-23)36-31(44)37-27(32(3,4)5)30(43)39-16-20-24(33(20,6)7)25(39)29(42)35-21(26(40)28(34)41)15-19-11-9-12-19/h10,13-14,18-22,24-25,27H,9,11-12,15-17H2,1-8H3,(H2,34,41)(H,35,42)(H2,36,37,44)/t20-,21?,22+,24?,25-,27+/m0/s1. The molecule has 268 valence electrons. The van der Waals surface area contributed by atoms with E-state index in [1.54, 1.807) is 11.4 Å². The van der Waals surface area contributed by atoms with Crippen LogP contribution in [0.25, 0.3) is 0 Å². The molecule has 1 aliphatic heterocycles. The number of piperidine rings is 1. The number of hydrogen-bond acceptors (Lipinski definition) is 8. The molecule has 5 amide bonds.